The molecule has 0 bridgehead atoms. The summed E-state index contributed by atoms with van der Waals surface area (Å²) in [6.45, 7) is 6.62. The van der Waals surface area contributed by atoms with Gasteiger partial charge < -0.3 is 14.2 Å². The zero-order valence-corrected chi connectivity index (χ0v) is 41.7. The summed E-state index contributed by atoms with van der Waals surface area (Å²) in [5.74, 6) is -0.877. The van der Waals surface area contributed by atoms with Gasteiger partial charge in [-0.25, -0.2) is 0 Å². The van der Waals surface area contributed by atoms with Crippen LogP contribution in [0.3, 0.4) is 0 Å². The summed E-state index contributed by atoms with van der Waals surface area (Å²) >= 11 is 0. The van der Waals surface area contributed by atoms with Crippen molar-refractivity contribution < 1.29 is 28.6 Å². The molecule has 364 valence electrons. The van der Waals surface area contributed by atoms with E-state index >= 15 is 0 Å². The van der Waals surface area contributed by atoms with Crippen LogP contribution in [0.5, 0.6) is 0 Å². The molecular formula is C56H104O6. The molecule has 1 unspecified atom stereocenters. The molecule has 6 nitrogen and oxygen atoms in total. The Kier molecular flexibility index (Phi) is 49.8. The third kappa shape index (κ3) is 48.9. The van der Waals surface area contributed by atoms with Crippen molar-refractivity contribution in [2.24, 2.45) is 0 Å². The van der Waals surface area contributed by atoms with E-state index in [0.29, 0.717) is 19.3 Å². The molecule has 6 heteroatoms. The first-order valence-corrected chi connectivity index (χ1v) is 27.3. The van der Waals surface area contributed by atoms with Gasteiger partial charge in [-0.15, -0.1) is 0 Å². The molecule has 62 heavy (non-hydrogen) atoms. The second-order valence-electron chi connectivity index (χ2n) is 18.5. The highest BCUT2D eigenvalue weighted by molar-refractivity contribution is 5.71. The number of esters is 3. The average molecular weight is 873 g/mol. The van der Waals surface area contributed by atoms with E-state index in [1.807, 2.05) is 0 Å². The van der Waals surface area contributed by atoms with Crippen molar-refractivity contribution in [2.75, 3.05) is 13.2 Å². The van der Waals surface area contributed by atoms with Crippen molar-refractivity contribution in [1.29, 1.82) is 0 Å². The van der Waals surface area contributed by atoms with Gasteiger partial charge in [0.2, 0.25) is 0 Å². The highest BCUT2D eigenvalue weighted by atomic mass is 16.6. The van der Waals surface area contributed by atoms with E-state index < -0.39 is 6.10 Å². The molecule has 0 rings (SSSR count). The van der Waals surface area contributed by atoms with Crippen LogP contribution in [0.2, 0.25) is 0 Å². The van der Waals surface area contributed by atoms with Gasteiger partial charge in [0, 0.05) is 19.3 Å². The van der Waals surface area contributed by atoms with Crippen LogP contribution in [0.4, 0.5) is 0 Å². The van der Waals surface area contributed by atoms with Gasteiger partial charge in [-0.3, -0.25) is 14.4 Å². The molecule has 0 N–H and O–H groups in total. The summed E-state index contributed by atoms with van der Waals surface area (Å²) in [6, 6.07) is 0. The maximum Gasteiger partial charge on any atom is 0.306 e. The third-order valence-electron chi connectivity index (χ3n) is 12.2. The minimum atomic E-state index is -0.774. The van der Waals surface area contributed by atoms with E-state index in [-0.39, 0.29) is 31.1 Å². The van der Waals surface area contributed by atoms with Gasteiger partial charge in [-0.2, -0.15) is 0 Å². The van der Waals surface area contributed by atoms with Crippen LogP contribution >= 0.6 is 0 Å². The Morgan fingerprint density at radius 2 is 0.548 bits per heavy atom. The van der Waals surface area contributed by atoms with Gasteiger partial charge >= 0.3 is 17.9 Å². The Bertz CT molecular complexity index is 1000. The number of carbonyl (C=O) groups excluding carboxylic acids is 3. The van der Waals surface area contributed by atoms with Gasteiger partial charge in [0.05, 0.1) is 0 Å². The monoisotopic (exact) mass is 873 g/mol. The summed E-state index contributed by atoms with van der Waals surface area (Å²) in [6.07, 6.45) is 58.8. The van der Waals surface area contributed by atoms with Crippen molar-refractivity contribution in [3.05, 3.63) is 24.3 Å². The summed E-state index contributed by atoms with van der Waals surface area (Å²) < 4.78 is 16.8. The van der Waals surface area contributed by atoms with E-state index in [4.69, 9.17) is 14.2 Å². The van der Waals surface area contributed by atoms with Crippen LogP contribution in [0.15, 0.2) is 24.3 Å². The standard InChI is InChI=1S/C56H104O6/c1-4-7-10-13-16-19-22-24-26-27-28-30-31-34-37-40-43-46-49-55(58)61-52-53(51-60-54(57)48-45-42-39-36-33-21-18-15-12-9-6-3)62-56(59)50-47-44-41-38-35-32-29-25-23-20-17-14-11-8-5-2/h15,18,25,29,53H,4-14,16-17,19-24,26-28,30-52H2,1-3H3/b18-15-,29-25-. The van der Waals surface area contributed by atoms with E-state index in [1.165, 1.54) is 186 Å². The maximum atomic E-state index is 12.8. The number of unbranched alkanes of at least 4 members (excludes halogenated alkanes) is 35. The first-order chi connectivity index (χ1) is 30.5. The quantitative estimate of drug-likeness (QED) is 0.0262. The molecule has 0 aromatic carbocycles. The Morgan fingerprint density at radius 3 is 0.855 bits per heavy atom. The normalized spacial score (nSPS) is 12.1. The Morgan fingerprint density at radius 1 is 0.306 bits per heavy atom. The minimum absolute atomic E-state index is 0.0732. The predicted molar refractivity (Wildman–Crippen MR) is 266 cm³/mol. The SMILES string of the molecule is CCCC/C=C\CCCCCCCC(=O)OCC(COC(=O)CCCCCCCCCCCCCCCCCCCC)OC(=O)CCCCCCC/C=C\CCCCCCCC. The highest BCUT2D eigenvalue weighted by Crippen LogP contribution is 2.16. The number of ether oxygens (including phenoxy) is 3. The van der Waals surface area contributed by atoms with E-state index in [9.17, 15) is 14.4 Å². The summed E-state index contributed by atoms with van der Waals surface area (Å²) in [5.41, 5.74) is 0. The molecule has 0 aliphatic rings. The van der Waals surface area contributed by atoms with Crippen molar-refractivity contribution in [3.63, 3.8) is 0 Å². The van der Waals surface area contributed by atoms with Gasteiger partial charge in [0.1, 0.15) is 13.2 Å². The molecule has 0 heterocycles. The Hall–Kier alpha value is -2.11. The van der Waals surface area contributed by atoms with Crippen LogP contribution in [0.1, 0.15) is 297 Å². The molecular weight excluding hydrogens is 769 g/mol. The fourth-order valence-electron chi connectivity index (χ4n) is 8.01. The topological polar surface area (TPSA) is 78.9 Å². The molecule has 0 fully saturated rings. The van der Waals surface area contributed by atoms with Gasteiger partial charge in [-0.05, 0) is 64.2 Å². The number of hydrogen-bond donors (Lipinski definition) is 0. The van der Waals surface area contributed by atoms with Gasteiger partial charge in [0.25, 0.3) is 0 Å². The summed E-state index contributed by atoms with van der Waals surface area (Å²) in [4.78, 5) is 38.0. The van der Waals surface area contributed by atoms with Crippen LogP contribution in [-0.4, -0.2) is 37.2 Å². The zero-order chi connectivity index (χ0) is 45.1. The van der Waals surface area contributed by atoms with Crippen molar-refractivity contribution >= 4 is 17.9 Å². The van der Waals surface area contributed by atoms with E-state index in [0.717, 1.165) is 70.6 Å². The van der Waals surface area contributed by atoms with Crippen molar-refractivity contribution in [1.82, 2.24) is 0 Å². The number of rotatable bonds is 50. The lowest BCUT2D eigenvalue weighted by Gasteiger charge is -2.18. The third-order valence-corrected chi connectivity index (χ3v) is 12.2. The molecule has 0 aliphatic carbocycles. The predicted octanol–water partition coefficient (Wildman–Crippen LogP) is 17.9. The van der Waals surface area contributed by atoms with E-state index in [1.54, 1.807) is 0 Å². The van der Waals surface area contributed by atoms with Crippen LogP contribution in [0.25, 0.3) is 0 Å². The number of carbonyl (C=O) groups is 3. The number of hydrogen-bond acceptors (Lipinski definition) is 6. The second kappa shape index (κ2) is 51.5. The molecule has 0 amide bonds. The van der Waals surface area contributed by atoms with Crippen molar-refractivity contribution in [3.8, 4) is 0 Å². The molecule has 0 radical (unpaired) electrons. The lowest BCUT2D eigenvalue weighted by molar-refractivity contribution is -0.167. The fourth-order valence-corrected chi connectivity index (χ4v) is 8.01. The molecule has 0 aliphatic heterocycles. The molecule has 0 aromatic rings. The average Bonchev–Trinajstić information content (AvgIpc) is 3.27. The van der Waals surface area contributed by atoms with Gasteiger partial charge in [-0.1, -0.05) is 238 Å². The zero-order valence-electron chi connectivity index (χ0n) is 41.7. The Balaban J connectivity index is 4.30. The molecule has 1 atom stereocenters. The molecule has 0 saturated carbocycles. The van der Waals surface area contributed by atoms with E-state index in [2.05, 4.69) is 45.1 Å². The van der Waals surface area contributed by atoms with Crippen LogP contribution < -0.4 is 0 Å². The first-order valence-electron chi connectivity index (χ1n) is 27.3. The first kappa shape index (κ1) is 59.9. The number of allylic oxidation sites excluding steroid dienone is 4. The lowest BCUT2D eigenvalue weighted by atomic mass is 10.0. The van der Waals surface area contributed by atoms with Crippen LogP contribution in [-0.2, 0) is 28.6 Å². The minimum Gasteiger partial charge on any atom is -0.462 e. The van der Waals surface area contributed by atoms with Crippen LogP contribution in [0, 0.1) is 0 Å². The molecule has 0 aromatic heterocycles. The fraction of sp³-hybridized carbons (Fsp3) is 0.875. The lowest BCUT2D eigenvalue weighted by Crippen LogP contribution is -2.30. The molecule has 0 spiro atoms. The summed E-state index contributed by atoms with van der Waals surface area (Å²) in [5, 5.41) is 0. The Labute approximate surface area is 385 Å². The summed E-state index contributed by atoms with van der Waals surface area (Å²) in [7, 11) is 0. The highest BCUT2D eigenvalue weighted by Gasteiger charge is 2.19. The largest absolute Gasteiger partial charge is 0.462 e. The van der Waals surface area contributed by atoms with Gasteiger partial charge in [0.15, 0.2) is 6.10 Å². The second-order valence-corrected chi connectivity index (χ2v) is 18.5. The van der Waals surface area contributed by atoms with Crippen molar-refractivity contribution in [2.45, 2.75) is 303 Å². The maximum absolute atomic E-state index is 12.8. The molecule has 0 saturated heterocycles. The smallest absolute Gasteiger partial charge is 0.306 e.